The Balaban J connectivity index is 1.87. The minimum Gasteiger partial charge on any atom is -0.238 e. The van der Waals surface area contributed by atoms with Crippen LogP contribution in [0.4, 0.5) is 0 Å². The van der Waals surface area contributed by atoms with E-state index < -0.39 is 15.4 Å². The number of aryl methyl sites for hydroxylation is 1. The van der Waals surface area contributed by atoms with Crippen molar-refractivity contribution in [1.29, 1.82) is 0 Å². The van der Waals surface area contributed by atoms with Crippen LogP contribution in [0.1, 0.15) is 18.4 Å². The van der Waals surface area contributed by atoms with Crippen LogP contribution < -0.4 is 0 Å². The Bertz CT molecular complexity index is 1070. The van der Waals surface area contributed by atoms with Crippen molar-refractivity contribution < 1.29 is 8.42 Å². The van der Waals surface area contributed by atoms with E-state index in [-0.39, 0.29) is 11.5 Å². The quantitative estimate of drug-likeness (QED) is 0.662. The summed E-state index contributed by atoms with van der Waals surface area (Å²) < 4.78 is 25.9. The molecule has 1 saturated heterocycles. The van der Waals surface area contributed by atoms with Crippen molar-refractivity contribution in [3.05, 3.63) is 39.7 Å². The van der Waals surface area contributed by atoms with Gasteiger partial charge in [-0.2, -0.15) is 0 Å². The first-order valence-corrected chi connectivity index (χ1v) is 11.2. The van der Waals surface area contributed by atoms with E-state index in [0.717, 1.165) is 10.6 Å². The third kappa shape index (κ3) is 3.17. The average molecular weight is 409 g/mol. The van der Waals surface area contributed by atoms with Gasteiger partial charge in [-0.15, -0.1) is 16.4 Å². The minimum absolute atomic E-state index is 0.0551. The maximum Gasteiger partial charge on any atom is 0.181 e. The van der Waals surface area contributed by atoms with Crippen LogP contribution in [0.2, 0.25) is 5.02 Å². The Hall–Kier alpha value is -1.77. The highest BCUT2D eigenvalue weighted by molar-refractivity contribution is 7.91. The summed E-state index contributed by atoms with van der Waals surface area (Å²) in [6, 6.07) is 7.27. The summed E-state index contributed by atoms with van der Waals surface area (Å²) in [5, 5.41) is 8.16. The standard InChI is InChI=1S/C17H17ClN4O2S2/c1-11-19-14(9-25-11)16-20-15(12-3-5-13(18)6-4-12)21-22(16)17(2)7-8-26(23,24)10-17/h3-6,9H,7-8,10H2,1-2H3. The van der Waals surface area contributed by atoms with Crippen LogP contribution in [0.15, 0.2) is 29.6 Å². The summed E-state index contributed by atoms with van der Waals surface area (Å²) >= 11 is 7.50. The number of sulfone groups is 1. The van der Waals surface area contributed by atoms with Crippen LogP contribution in [0.3, 0.4) is 0 Å². The van der Waals surface area contributed by atoms with Gasteiger partial charge in [0, 0.05) is 16.0 Å². The molecule has 1 atom stereocenters. The number of hydrogen-bond acceptors (Lipinski definition) is 6. The lowest BCUT2D eigenvalue weighted by Gasteiger charge is -2.23. The predicted molar refractivity (Wildman–Crippen MR) is 103 cm³/mol. The molecule has 0 bridgehead atoms. The molecule has 0 N–H and O–H groups in total. The molecule has 9 heteroatoms. The lowest BCUT2D eigenvalue weighted by molar-refractivity contribution is 0.332. The van der Waals surface area contributed by atoms with E-state index in [1.165, 1.54) is 11.3 Å². The van der Waals surface area contributed by atoms with Crippen molar-refractivity contribution in [2.45, 2.75) is 25.8 Å². The first-order chi connectivity index (χ1) is 12.3. The topological polar surface area (TPSA) is 77.7 Å². The van der Waals surface area contributed by atoms with Crippen LogP contribution >= 0.6 is 22.9 Å². The maximum absolute atomic E-state index is 12.1. The molecule has 3 heterocycles. The fraction of sp³-hybridized carbons (Fsp3) is 0.353. The molecule has 0 amide bonds. The summed E-state index contributed by atoms with van der Waals surface area (Å²) in [7, 11) is -3.08. The molecule has 0 spiro atoms. The highest BCUT2D eigenvalue weighted by atomic mass is 35.5. The van der Waals surface area contributed by atoms with Gasteiger partial charge in [0.05, 0.1) is 22.1 Å². The van der Waals surface area contributed by atoms with Gasteiger partial charge < -0.3 is 0 Å². The summed E-state index contributed by atoms with van der Waals surface area (Å²) in [6.45, 7) is 3.84. The van der Waals surface area contributed by atoms with Crippen molar-refractivity contribution in [3.8, 4) is 22.9 Å². The van der Waals surface area contributed by atoms with Gasteiger partial charge in [-0.1, -0.05) is 11.6 Å². The molecular formula is C17H17ClN4O2S2. The van der Waals surface area contributed by atoms with Gasteiger partial charge in [0.15, 0.2) is 21.5 Å². The van der Waals surface area contributed by atoms with Crippen molar-refractivity contribution >= 4 is 32.8 Å². The second-order valence-electron chi connectivity index (χ2n) is 6.77. The van der Waals surface area contributed by atoms with E-state index in [1.807, 2.05) is 31.4 Å². The fourth-order valence-electron chi connectivity index (χ4n) is 3.20. The molecule has 1 aliphatic rings. The smallest absolute Gasteiger partial charge is 0.181 e. The summed E-state index contributed by atoms with van der Waals surface area (Å²) in [5.74, 6) is 1.35. The molecule has 1 aliphatic heterocycles. The fourth-order valence-corrected chi connectivity index (χ4v) is 6.03. The largest absolute Gasteiger partial charge is 0.238 e. The van der Waals surface area contributed by atoms with E-state index >= 15 is 0 Å². The highest BCUT2D eigenvalue weighted by Gasteiger charge is 2.42. The van der Waals surface area contributed by atoms with Gasteiger partial charge in [0.2, 0.25) is 0 Å². The molecule has 4 rings (SSSR count). The number of rotatable bonds is 3. The Morgan fingerprint density at radius 2 is 1.96 bits per heavy atom. The Kier molecular flexibility index (Phi) is 4.17. The molecule has 136 valence electrons. The molecule has 2 aromatic heterocycles. The van der Waals surface area contributed by atoms with E-state index in [1.54, 1.807) is 16.8 Å². The first kappa shape index (κ1) is 17.6. The third-order valence-corrected chi connectivity index (χ3v) is 7.46. The van der Waals surface area contributed by atoms with Gasteiger partial charge in [0.1, 0.15) is 5.69 Å². The lowest BCUT2D eigenvalue weighted by Crippen LogP contribution is -2.33. The Morgan fingerprint density at radius 3 is 2.54 bits per heavy atom. The number of hydrogen-bond donors (Lipinski definition) is 0. The summed E-state index contributed by atoms with van der Waals surface area (Å²) in [6.07, 6.45) is 0.509. The van der Waals surface area contributed by atoms with Crippen molar-refractivity contribution in [2.75, 3.05) is 11.5 Å². The van der Waals surface area contributed by atoms with Gasteiger partial charge in [-0.3, -0.25) is 0 Å². The molecule has 6 nitrogen and oxygen atoms in total. The monoisotopic (exact) mass is 408 g/mol. The van der Waals surface area contributed by atoms with Gasteiger partial charge in [0.25, 0.3) is 0 Å². The normalized spacial score (nSPS) is 22.0. The molecule has 0 saturated carbocycles. The van der Waals surface area contributed by atoms with Gasteiger partial charge in [-0.05, 0) is 44.5 Å². The second kappa shape index (κ2) is 6.14. The highest BCUT2D eigenvalue weighted by Crippen LogP contribution is 2.35. The summed E-state index contributed by atoms with van der Waals surface area (Å²) in [4.78, 5) is 9.22. The first-order valence-electron chi connectivity index (χ1n) is 8.12. The third-order valence-electron chi connectivity index (χ3n) is 4.55. The van der Waals surface area contributed by atoms with Crippen molar-refractivity contribution in [3.63, 3.8) is 0 Å². The Morgan fingerprint density at radius 1 is 1.23 bits per heavy atom. The Labute approximate surface area is 160 Å². The number of thiazole rings is 1. The van der Waals surface area contributed by atoms with Crippen LogP contribution in [-0.4, -0.2) is 39.7 Å². The molecular weight excluding hydrogens is 392 g/mol. The van der Waals surface area contributed by atoms with E-state index in [9.17, 15) is 8.42 Å². The lowest BCUT2D eigenvalue weighted by atomic mass is 10.0. The van der Waals surface area contributed by atoms with Crippen LogP contribution in [0.5, 0.6) is 0 Å². The molecule has 26 heavy (non-hydrogen) atoms. The molecule has 0 aliphatic carbocycles. The molecule has 1 aromatic carbocycles. The van der Waals surface area contributed by atoms with Crippen molar-refractivity contribution in [2.24, 2.45) is 0 Å². The zero-order chi connectivity index (χ0) is 18.5. The van der Waals surface area contributed by atoms with Crippen LogP contribution in [0, 0.1) is 6.92 Å². The number of halogens is 1. The van der Waals surface area contributed by atoms with E-state index in [4.69, 9.17) is 11.6 Å². The molecule has 1 fully saturated rings. The number of aromatic nitrogens is 4. The van der Waals surface area contributed by atoms with Crippen LogP contribution in [0.25, 0.3) is 22.9 Å². The van der Waals surface area contributed by atoms with Gasteiger partial charge >= 0.3 is 0 Å². The van der Waals surface area contributed by atoms with Crippen molar-refractivity contribution in [1.82, 2.24) is 19.7 Å². The molecule has 0 radical (unpaired) electrons. The van der Waals surface area contributed by atoms with E-state index in [0.29, 0.717) is 28.8 Å². The number of nitrogens with zero attached hydrogens (tertiary/aromatic N) is 4. The average Bonchev–Trinajstić information content (AvgIpc) is 3.26. The minimum atomic E-state index is -3.08. The van der Waals surface area contributed by atoms with E-state index in [2.05, 4.69) is 15.1 Å². The maximum atomic E-state index is 12.1. The second-order valence-corrected chi connectivity index (χ2v) is 10.5. The molecule has 3 aromatic rings. The summed E-state index contributed by atoms with van der Waals surface area (Å²) in [5.41, 5.74) is 0.903. The SMILES string of the molecule is Cc1nc(-c2nc(-c3ccc(Cl)cc3)nn2C2(C)CCS(=O)(=O)C2)cs1. The van der Waals surface area contributed by atoms with Gasteiger partial charge in [-0.25, -0.2) is 23.1 Å². The zero-order valence-corrected chi connectivity index (χ0v) is 16.7. The molecule has 1 unspecified atom stereocenters. The van der Waals surface area contributed by atoms with Crippen LogP contribution in [-0.2, 0) is 15.4 Å². The number of benzene rings is 1. The zero-order valence-electron chi connectivity index (χ0n) is 14.3. The predicted octanol–water partition coefficient (Wildman–Crippen LogP) is 3.56.